The van der Waals surface area contributed by atoms with E-state index in [1.807, 2.05) is 6.92 Å². The van der Waals surface area contributed by atoms with Crippen molar-refractivity contribution in [3.8, 4) is 0 Å². The summed E-state index contributed by atoms with van der Waals surface area (Å²) >= 11 is 0. The normalized spacial score (nSPS) is 11.3. The van der Waals surface area contributed by atoms with Crippen LogP contribution in [0, 0.1) is 19.7 Å². The van der Waals surface area contributed by atoms with E-state index in [9.17, 15) is 12.8 Å². The van der Waals surface area contributed by atoms with Crippen LogP contribution in [0.15, 0.2) is 47.5 Å². The van der Waals surface area contributed by atoms with Gasteiger partial charge in [-0.15, -0.1) is 12.4 Å². The summed E-state index contributed by atoms with van der Waals surface area (Å²) in [6, 6.07) is 9.80. The van der Waals surface area contributed by atoms with Gasteiger partial charge in [0.2, 0.25) is 5.95 Å². The van der Waals surface area contributed by atoms with Crippen molar-refractivity contribution in [3.63, 3.8) is 0 Å². The molecule has 0 atom stereocenters. The fourth-order valence-corrected chi connectivity index (χ4v) is 4.00. The molecule has 0 saturated heterocycles. The Morgan fingerprint density at radius 2 is 1.88 bits per heavy atom. The van der Waals surface area contributed by atoms with Gasteiger partial charge in [0.15, 0.2) is 15.7 Å². The smallest absolute Gasteiger partial charge is 0.229 e. The second kappa shape index (κ2) is 8.71. The van der Waals surface area contributed by atoms with Gasteiger partial charge in [0.05, 0.1) is 10.4 Å². The molecule has 168 valence electrons. The molecule has 0 saturated carbocycles. The Morgan fingerprint density at radius 1 is 1.12 bits per heavy atom. The van der Waals surface area contributed by atoms with Gasteiger partial charge in [-0.25, -0.2) is 17.8 Å². The van der Waals surface area contributed by atoms with Gasteiger partial charge in [-0.2, -0.15) is 10.1 Å². The number of aryl methyl sites for hydroxylation is 2. The molecule has 0 amide bonds. The Morgan fingerprint density at radius 3 is 2.59 bits per heavy atom. The Labute approximate surface area is 191 Å². The maximum atomic E-state index is 14.1. The van der Waals surface area contributed by atoms with Crippen LogP contribution in [-0.2, 0) is 9.84 Å². The first kappa shape index (κ1) is 23.4. The molecule has 11 heteroatoms. The minimum Gasteiger partial charge on any atom is -0.324 e. The molecule has 2 aromatic carbocycles. The third-order valence-corrected chi connectivity index (χ3v) is 5.95. The van der Waals surface area contributed by atoms with Crippen LogP contribution in [-0.4, -0.2) is 41.9 Å². The predicted molar refractivity (Wildman–Crippen MR) is 126 cm³/mol. The predicted octanol–water partition coefficient (Wildman–Crippen LogP) is 4.45. The molecule has 0 bridgehead atoms. The number of nitrogens with zero attached hydrogens (tertiary/aromatic N) is 4. The van der Waals surface area contributed by atoms with E-state index in [1.165, 1.54) is 12.1 Å². The van der Waals surface area contributed by atoms with Crippen molar-refractivity contribution >= 4 is 56.4 Å². The van der Waals surface area contributed by atoms with E-state index in [-0.39, 0.29) is 29.1 Å². The number of hydrogen-bond acceptors (Lipinski definition) is 7. The molecule has 0 aliphatic carbocycles. The van der Waals surface area contributed by atoms with Crippen LogP contribution in [0.25, 0.3) is 10.9 Å². The van der Waals surface area contributed by atoms with Crippen molar-refractivity contribution in [1.29, 1.82) is 0 Å². The van der Waals surface area contributed by atoms with Crippen molar-refractivity contribution in [1.82, 2.24) is 20.2 Å². The van der Waals surface area contributed by atoms with Gasteiger partial charge in [-0.1, -0.05) is 0 Å². The van der Waals surface area contributed by atoms with Gasteiger partial charge in [0.1, 0.15) is 11.6 Å². The summed E-state index contributed by atoms with van der Waals surface area (Å²) in [6.45, 7) is 3.51. The molecule has 32 heavy (non-hydrogen) atoms. The maximum absolute atomic E-state index is 14.1. The number of benzene rings is 2. The zero-order valence-electron chi connectivity index (χ0n) is 17.8. The molecule has 2 heterocycles. The highest BCUT2D eigenvalue weighted by molar-refractivity contribution is 7.90. The number of nitrogens with one attached hydrogen (secondary N) is 2. The number of aromatic amines is 1. The highest BCUT2D eigenvalue weighted by Crippen LogP contribution is 2.30. The second-order valence-electron chi connectivity index (χ2n) is 7.42. The Balaban J connectivity index is 0.00000289. The quantitative estimate of drug-likeness (QED) is 0.438. The van der Waals surface area contributed by atoms with Gasteiger partial charge in [0.25, 0.3) is 0 Å². The molecular formula is C21H22ClFN6O2S. The lowest BCUT2D eigenvalue weighted by molar-refractivity contribution is 0.602. The number of halogens is 2. The van der Waals surface area contributed by atoms with Gasteiger partial charge in [0, 0.05) is 30.6 Å². The zero-order valence-corrected chi connectivity index (χ0v) is 19.5. The van der Waals surface area contributed by atoms with Gasteiger partial charge >= 0.3 is 0 Å². The minimum atomic E-state index is -3.35. The number of anilines is 4. The van der Waals surface area contributed by atoms with E-state index in [0.29, 0.717) is 28.3 Å². The molecule has 0 fully saturated rings. The second-order valence-corrected chi connectivity index (χ2v) is 9.44. The highest BCUT2D eigenvalue weighted by Gasteiger charge is 2.16. The summed E-state index contributed by atoms with van der Waals surface area (Å²) in [4.78, 5) is 10.7. The van der Waals surface area contributed by atoms with Gasteiger partial charge in [-0.05, 0) is 61.4 Å². The minimum absolute atomic E-state index is 0. The van der Waals surface area contributed by atoms with E-state index in [1.54, 1.807) is 49.3 Å². The molecule has 2 N–H and O–H groups in total. The van der Waals surface area contributed by atoms with Gasteiger partial charge in [-0.3, -0.25) is 5.10 Å². The van der Waals surface area contributed by atoms with Crippen LogP contribution in [0.1, 0.15) is 11.1 Å². The van der Waals surface area contributed by atoms with E-state index in [0.717, 1.165) is 17.3 Å². The molecular weight excluding hydrogens is 455 g/mol. The summed E-state index contributed by atoms with van der Waals surface area (Å²) in [7, 11) is -1.58. The SMILES string of the molecule is Cc1cc(Nc2nccc(N(C)c3n[nH]c4cc(C)c(F)cc34)n2)cc(S(C)(=O)=O)c1.Cl. The van der Waals surface area contributed by atoms with Crippen LogP contribution in [0.5, 0.6) is 0 Å². The molecule has 0 unspecified atom stereocenters. The largest absolute Gasteiger partial charge is 0.324 e. The lowest BCUT2D eigenvalue weighted by atomic mass is 10.1. The van der Waals surface area contributed by atoms with E-state index >= 15 is 0 Å². The summed E-state index contributed by atoms with van der Waals surface area (Å²) in [6.07, 6.45) is 2.74. The molecule has 0 radical (unpaired) electrons. The van der Waals surface area contributed by atoms with Crippen molar-refractivity contribution in [2.24, 2.45) is 0 Å². The van der Waals surface area contributed by atoms with Crippen LogP contribution in [0.3, 0.4) is 0 Å². The third kappa shape index (κ3) is 4.66. The van der Waals surface area contributed by atoms with E-state index in [2.05, 4.69) is 25.5 Å². The van der Waals surface area contributed by atoms with Crippen LogP contribution in [0.4, 0.5) is 27.7 Å². The zero-order chi connectivity index (χ0) is 22.3. The number of hydrogen-bond donors (Lipinski definition) is 2. The first-order valence-electron chi connectivity index (χ1n) is 9.41. The van der Waals surface area contributed by atoms with Crippen LogP contribution in [0.2, 0.25) is 0 Å². The number of sulfone groups is 1. The van der Waals surface area contributed by atoms with E-state index < -0.39 is 9.84 Å². The number of aromatic nitrogens is 4. The monoisotopic (exact) mass is 476 g/mol. The lowest BCUT2D eigenvalue weighted by Crippen LogP contribution is -2.13. The summed E-state index contributed by atoms with van der Waals surface area (Å²) in [5.41, 5.74) is 2.61. The van der Waals surface area contributed by atoms with Gasteiger partial charge < -0.3 is 10.2 Å². The topological polar surface area (TPSA) is 104 Å². The standard InChI is InChI=1S/C21H21FN6O2S.ClH/c1-12-7-14(10-15(8-12)31(4,29)30)24-21-23-6-5-19(25-21)28(3)20-16-11-17(22)13(2)9-18(16)26-27-20;/h5-11H,1-4H3,(H,26,27)(H,23,24,25);1H. The van der Waals surface area contributed by atoms with Crippen molar-refractivity contribution in [2.45, 2.75) is 18.7 Å². The Bertz CT molecular complexity index is 1410. The molecule has 0 spiro atoms. The number of H-pyrrole nitrogens is 1. The summed E-state index contributed by atoms with van der Waals surface area (Å²) < 4.78 is 37.9. The average molecular weight is 477 g/mol. The first-order chi connectivity index (χ1) is 14.6. The lowest BCUT2D eigenvalue weighted by Gasteiger charge is -2.17. The molecule has 0 aliphatic heterocycles. The highest BCUT2D eigenvalue weighted by atomic mass is 35.5. The van der Waals surface area contributed by atoms with Crippen LogP contribution >= 0.6 is 12.4 Å². The Hall–Kier alpha value is -3.24. The van der Waals surface area contributed by atoms with Crippen molar-refractivity contribution < 1.29 is 12.8 Å². The fourth-order valence-electron chi connectivity index (χ4n) is 3.26. The fraction of sp³-hybridized carbons (Fsp3) is 0.190. The number of fused-ring (bicyclic) bond motifs is 1. The number of rotatable bonds is 5. The first-order valence-corrected chi connectivity index (χ1v) is 11.3. The summed E-state index contributed by atoms with van der Waals surface area (Å²) in [5.74, 6) is 1.03. The average Bonchev–Trinajstić information content (AvgIpc) is 3.09. The van der Waals surface area contributed by atoms with Crippen molar-refractivity contribution in [2.75, 3.05) is 23.5 Å². The molecule has 4 rings (SSSR count). The van der Waals surface area contributed by atoms with Crippen LogP contribution < -0.4 is 10.2 Å². The molecule has 2 aromatic heterocycles. The molecule has 0 aliphatic rings. The molecule has 4 aromatic rings. The third-order valence-electron chi connectivity index (χ3n) is 4.86. The van der Waals surface area contributed by atoms with Crippen molar-refractivity contribution in [3.05, 3.63) is 59.5 Å². The van der Waals surface area contributed by atoms with E-state index in [4.69, 9.17) is 0 Å². The Kier molecular flexibility index (Phi) is 6.38. The maximum Gasteiger partial charge on any atom is 0.229 e. The summed E-state index contributed by atoms with van der Waals surface area (Å²) in [5, 5.41) is 10.9. The molecule has 8 nitrogen and oxygen atoms in total.